The Morgan fingerprint density at radius 3 is 2.69 bits per heavy atom. The Balaban J connectivity index is 2.25. The molecule has 0 amide bonds. The van der Waals surface area contributed by atoms with Crippen molar-refractivity contribution in [2.24, 2.45) is 0 Å². The topological polar surface area (TPSA) is 29.5 Å². The third kappa shape index (κ3) is 4.33. The normalized spacial score (nSPS) is 10.5. The Kier molecular flexibility index (Phi) is 4.72. The molecule has 2 nitrogen and oxygen atoms in total. The van der Waals surface area contributed by atoms with Crippen LogP contribution in [0.5, 0.6) is 0 Å². The summed E-state index contributed by atoms with van der Waals surface area (Å²) in [5, 5.41) is 8.48. The monoisotopic (exact) mass is 178 g/mol. The van der Waals surface area contributed by atoms with E-state index in [4.69, 9.17) is 9.84 Å². The maximum absolute atomic E-state index is 8.48. The van der Waals surface area contributed by atoms with Crippen LogP contribution in [0.1, 0.15) is 12.0 Å². The molecule has 0 unspecified atom stereocenters. The predicted molar refractivity (Wildman–Crippen MR) is 53.1 cm³/mol. The predicted octanol–water partition coefficient (Wildman–Crippen LogP) is 2.06. The fraction of sp³-hybridized carbons (Fsp3) is 0.273. The summed E-state index contributed by atoms with van der Waals surface area (Å²) in [4.78, 5) is 0. The van der Waals surface area contributed by atoms with Crippen molar-refractivity contribution in [3.8, 4) is 0 Å². The van der Waals surface area contributed by atoms with Crippen molar-refractivity contribution in [3.63, 3.8) is 0 Å². The zero-order valence-corrected chi connectivity index (χ0v) is 7.52. The lowest BCUT2D eigenvalue weighted by Crippen LogP contribution is -1.90. The summed E-state index contributed by atoms with van der Waals surface area (Å²) in [6.07, 6.45) is 4.24. The van der Waals surface area contributed by atoms with E-state index in [2.05, 4.69) is 0 Å². The quantitative estimate of drug-likeness (QED) is 0.552. The second kappa shape index (κ2) is 6.26. The maximum atomic E-state index is 8.48. The molecule has 0 bridgehead atoms. The second-order valence-corrected chi connectivity index (χ2v) is 2.66. The van der Waals surface area contributed by atoms with Gasteiger partial charge in [-0.1, -0.05) is 30.3 Å². The first-order valence-electron chi connectivity index (χ1n) is 4.37. The molecule has 0 aliphatic carbocycles. The average Bonchev–Trinajstić information content (AvgIpc) is 2.19. The minimum atomic E-state index is 0.180. The van der Waals surface area contributed by atoms with Crippen LogP contribution in [-0.2, 0) is 4.74 Å². The molecule has 0 heterocycles. The standard InChI is InChI=1S/C11H14O2/c12-8-4-9-13-10-7-11-5-2-1-3-6-11/h1-3,5-7,10,12H,4,8-9H2. The minimum absolute atomic E-state index is 0.180. The van der Waals surface area contributed by atoms with Crippen molar-refractivity contribution in [2.45, 2.75) is 6.42 Å². The van der Waals surface area contributed by atoms with Crippen molar-refractivity contribution < 1.29 is 9.84 Å². The lowest BCUT2D eigenvalue weighted by molar-refractivity contribution is 0.201. The molecule has 1 aromatic carbocycles. The van der Waals surface area contributed by atoms with Gasteiger partial charge in [-0.3, -0.25) is 0 Å². The Hall–Kier alpha value is -1.28. The lowest BCUT2D eigenvalue weighted by Gasteiger charge is -1.97. The van der Waals surface area contributed by atoms with Gasteiger partial charge in [-0.05, 0) is 11.6 Å². The lowest BCUT2D eigenvalue weighted by atomic mass is 10.2. The van der Waals surface area contributed by atoms with E-state index in [1.54, 1.807) is 6.26 Å². The van der Waals surface area contributed by atoms with Gasteiger partial charge in [-0.25, -0.2) is 0 Å². The fourth-order valence-electron chi connectivity index (χ4n) is 0.907. The van der Waals surface area contributed by atoms with Crippen LogP contribution >= 0.6 is 0 Å². The van der Waals surface area contributed by atoms with Crippen LogP contribution in [0.3, 0.4) is 0 Å². The van der Waals surface area contributed by atoms with Crippen LogP contribution in [0.15, 0.2) is 36.6 Å². The summed E-state index contributed by atoms with van der Waals surface area (Å²) in [6.45, 7) is 0.749. The van der Waals surface area contributed by atoms with Crippen LogP contribution in [0.25, 0.3) is 6.08 Å². The first-order valence-corrected chi connectivity index (χ1v) is 4.37. The van der Waals surface area contributed by atoms with Gasteiger partial charge in [0.1, 0.15) is 0 Å². The molecule has 0 aliphatic heterocycles. The second-order valence-electron chi connectivity index (χ2n) is 2.66. The summed E-state index contributed by atoms with van der Waals surface area (Å²) < 4.78 is 5.14. The molecular formula is C11H14O2. The van der Waals surface area contributed by atoms with Crippen molar-refractivity contribution >= 4 is 6.08 Å². The number of aliphatic hydroxyl groups excluding tert-OH is 1. The van der Waals surface area contributed by atoms with Gasteiger partial charge >= 0.3 is 0 Å². The van der Waals surface area contributed by atoms with Gasteiger partial charge in [0, 0.05) is 13.0 Å². The van der Waals surface area contributed by atoms with Gasteiger partial charge < -0.3 is 9.84 Å². The van der Waals surface area contributed by atoms with E-state index >= 15 is 0 Å². The maximum Gasteiger partial charge on any atom is 0.0895 e. The van der Waals surface area contributed by atoms with E-state index < -0.39 is 0 Å². The molecule has 0 saturated heterocycles. The highest BCUT2D eigenvalue weighted by molar-refractivity contribution is 5.47. The zero-order chi connectivity index (χ0) is 9.36. The number of rotatable bonds is 5. The first kappa shape index (κ1) is 9.81. The molecule has 70 valence electrons. The van der Waals surface area contributed by atoms with E-state index in [9.17, 15) is 0 Å². The van der Waals surface area contributed by atoms with Gasteiger partial charge in [0.05, 0.1) is 12.9 Å². The third-order valence-corrected chi connectivity index (χ3v) is 1.58. The van der Waals surface area contributed by atoms with Gasteiger partial charge in [0.2, 0.25) is 0 Å². The number of benzene rings is 1. The van der Waals surface area contributed by atoms with Crippen molar-refractivity contribution in [2.75, 3.05) is 13.2 Å². The van der Waals surface area contributed by atoms with Gasteiger partial charge in [-0.2, -0.15) is 0 Å². The Labute approximate surface area is 78.5 Å². The average molecular weight is 178 g/mol. The van der Waals surface area contributed by atoms with Crippen LogP contribution in [0, 0.1) is 0 Å². The highest BCUT2D eigenvalue weighted by Crippen LogP contribution is 2.00. The van der Waals surface area contributed by atoms with Crippen LogP contribution in [-0.4, -0.2) is 18.3 Å². The smallest absolute Gasteiger partial charge is 0.0895 e. The summed E-state index contributed by atoms with van der Waals surface area (Å²) in [6, 6.07) is 9.95. The highest BCUT2D eigenvalue weighted by atomic mass is 16.5. The molecule has 0 spiro atoms. The SMILES string of the molecule is OCCCOC=Cc1ccccc1. The molecule has 0 aromatic heterocycles. The molecule has 0 aliphatic rings. The van der Waals surface area contributed by atoms with Crippen molar-refractivity contribution in [1.29, 1.82) is 0 Å². The van der Waals surface area contributed by atoms with E-state index in [-0.39, 0.29) is 6.61 Å². The van der Waals surface area contributed by atoms with Crippen LogP contribution in [0.2, 0.25) is 0 Å². The summed E-state index contributed by atoms with van der Waals surface area (Å²) in [7, 11) is 0. The van der Waals surface area contributed by atoms with Crippen molar-refractivity contribution in [1.82, 2.24) is 0 Å². The van der Waals surface area contributed by atoms with Crippen molar-refractivity contribution in [3.05, 3.63) is 42.2 Å². The van der Waals surface area contributed by atoms with Crippen LogP contribution < -0.4 is 0 Å². The summed E-state index contributed by atoms with van der Waals surface area (Å²) >= 11 is 0. The number of hydrogen-bond acceptors (Lipinski definition) is 2. The molecule has 1 rings (SSSR count). The third-order valence-electron chi connectivity index (χ3n) is 1.58. The molecule has 13 heavy (non-hydrogen) atoms. The Bertz CT molecular complexity index is 242. The van der Waals surface area contributed by atoms with Gasteiger partial charge in [0.15, 0.2) is 0 Å². The summed E-state index contributed by atoms with van der Waals surface area (Å²) in [5.74, 6) is 0. The number of hydrogen-bond donors (Lipinski definition) is 1. The fourth-order valence-corrected chi connectivity index (χ4v) is 0.907. The molecule has 0 saturated carbocycles. The number of aliphatic hydroxyl groups is 1. The van der Waals surface area contributed by atoms with Crippen LogP contribution in [0.4, 0.5) is 0 Å². The van der Waals surface area contributed by atoms with E-state index in [0.29, 0.717) is 13.0 Å². The molecular weight excluding hydrogens is 164 g/mol. The summed E-state index contributed by atoms with van der Waals surface area (Å²) in [5.41, 5.74) is 1.12. The molecule has 0 atom stereocenters. The highest BCUT2D eigenvalue weighted by Gasteiger charge is 1.83. The molecule has 1 aromatic rings. The first-order chi connectivity index (χ1) is 6.43. The molecule has 2 heteroatoms. The Morgan fingerprint density at radius 2 is 2.00 bits per heavy atom. The van der Waals surface area contributed by atoms with E-state index in [1.807, 2.05) is 36.4 Å². The van der Waals surface area contributed by atoms with E-state index in [1.165, 1.54) is 0 Å². The van der Waals surface area contributed by atoms with E-state index in [0.717, 1.165) is 5.56 Å². The van der Waals surface area contributed by atoms with Gasteiger partial charge in [-0.15, -0.1) is 0 Å². The molecule has 1 N–H and O–H groups in total. The largest absolute Gasteiger partial charge is 0.501 e. The molecule has 0 radical (unpaired) electrons. The molecule has 0 fully saturated rings. The Morgan fingerprint density at radius 1 is 1.23 bits per heavy atom. The zero-order valence-electron chi connectivity index (χ0n) is 7.52. The number of ether oxygens (including phenoxy) is 1. The van der Waals surface area contributed by atoms with Gasteiger partial charge in [0.25, 0.3) is 0 Å². The minimum Gasteiger partial charge on any atom is -0.501 e.